The molecule has 0 spiro atoms. The van der Waals surface area contributed by atoms with Gasteiger partial charge in [-0.25, -0.2) is 0 Å². The lowest BCUT2D eigenvalue weighted by atomic mass is 9.78. The lowest BCUT2D eigenvalue weighted by Gasteiger charge is -2.27. The smallest absolute Gasteiger partial charge is 0.307 e. The van der Waals surface area contributed by atoms with Crippen molar-refractivity contribution in [3.63, 3.8) is 0 Å². The van der Waals surface area contributed by atoms with Gasteiger partial charge in [0.1, 0.15) is 0 Å². The molecule has 0 aliphatic heterocycles. The number of benzene rings is 1. The standard InChI is InChI=1S/C18H23NO5/c1-23-13-6-3-10(7-14(13)24-2)9-19-17(20)15-11-4-5-12(8-11)16(15)18(21)22/h3,6-7,11-12,15-16H,4-5,8-9H2,1-2H3,(H,19,20)(H,21,22)/t11-,12-,15-,16-/m0/s1. The predicted octanol–water partition coefficient (Wildman–Crippen LogP) is 2.07. The van der Waals surface area contributed by atoms with E-state index >= 15 is 0 Å². The molecule has 0 unspecified atom stereocenters. The Morgan fingerprint density at radius 2 is 1.79 bits per heavy atom. The van der Waals surface area contributed by atoms with E-state index in [1.54, 1.807) is 20.3 Å². The fraction of sp³-hybridized carbons (Fsp3) is 0.556. The second-order valence-electron chi connectivity index (χ2n) is 6.63. The van der Waals surface area contributed by atoms with E-state index in [2.05, 4.69) is 5.32 Å². The zero-order valence-corrected chi connectivity index (χ0v) is 14.0. The van der Waals surface area contributed by atoms with Crippen molar-refractivity contribution in [1.82, 2.24) is 5.32 Å². The summed E-state index contributed by atoms with van der Waals surface area (Å²) in [5, 5.41) is 12.4. The molecule has 0 radical (unpaired) electrons. The SMILES string of the molecule is COc1ccc(CNC(=O)[C@H]2[C@H]3CC[C@@H](C3)[C@@H]2C(=O)O)cc1OC. The molecular weight excluding hydrogens is 310 g/mol. The Morgan fingerprint density at radius 1 is 1.12 bits per heavy atom. The van der Waals surface area contributed by atoms with E-state index in [4.69, 9.17) is 9.47 Å². The molecule has 2 saturated carbocycles. The third-order valence-corrected chi connectivity index (χ3v) is 5.42. The number of carbonyl (C=O) groups excluding carboxylic acids is 1. The van der Waals surface area contributed by atoms with Crippen LogP contribution >= 0.6 is 0 Å². The Bertz CT molecular complexity index is 644. The number of nitrogens with one attached hydrogen (secondary N) is 1. The van der Waals surface area contributed by atoms with Crippen molar-refractivity contribution < 1.29 is 24.2 Å². The summed E-state index contributed by atoms with van der Waals surface area (Å²) < 4.78 is 10.5. The number of ether oxygens (including phenoxy) is 2. The monoisotopic (exact) mass is 333 g/mol. The van der Waals surface area contributed by atoms with Crippen LogP contribution in [0.4, 0.5) is 0 Å². The summed E-state index contributed by atoms with van der Waals surface area (Å²) >= 11 is 0. The molecule has 1 aromatic rings. The van der Waals surface area contributed by atoms with Crippen LogP contribution in [0, 0.1) is 23.7 Å². The Hall–Kier alpha value is -2.24. The molecule has 2 bridgehead atoms. The van der Waals surface area contributed by atoms with Crippen molar-refractivity contribution in [1.29, 1.82) is 0 Å². The molecule has 3 rings (SSSR count). The van der Waals surface area contributed by atoms with Crippen molar-refractivity contribution in [2.75, 3.05) is 14.2 Å². The minimum absolute atomic E-state index is 0.149. The first-order chi connectivity index (χ1) is 11.5. The summed E-state index contributed by atoms with van der Waals surface area (Å²) in [7, 11) is 3.13. The molecule has 6 heteroatoms. The van der Waals surface area contributed by atoms with Gasteiger partial charge in [0.25, 0.3) is 0 Å². The van der Waals surface area contributed by atoms with Gasteiger partial charge in [-0.05, 0) is 48.8 Å². The summed E-state index contributed by atoms with van der Waals surface area (Å²) in [6.07, 6.45) is 2.76. The zero-order valence-electron chi connectivity index (χ0n) is 14.0. The number of hydrogen-bond donors (Lipinski definition) is 2. The third kappa shape index (κ3) is 2.92. The third-order valence-electron chi connectivity index (χ3n) is 5.42. The van der Waals surface area contributed by atoms with Gasteiger partial charge in [-0.15, -0.1) is 0 Å². The molecule has 6 nitrogen and oxygen atoms in total. The van der Waals surface area contributed by atoms with Crippen LogP contribution in [0.15, 0.2) is 18.2 Å². The minimum atomic E-state index is -0.839. The van der Waals surface area contributed by atoms with E-state index < -0.39 is 17.8 Å². The van der Waals surface area contributed by atoms with Gasteiger partial charge in [-0.3, -0.25) is 9.59 Å². The van der Waals surface area contributed by atoms with Crippen LogP contribution in [-0.2, 0) is 16.1 Å². The van der Waals surface area contributed by atoms with Crippen LogP contribution in [0.1, 0.15) is 24.8 Å². The first-order valence-electron chi connectivity index (χ1n) is 8.26. The van der Waals surface area contributed by atoms with E-state index in [1.807, 2.05) is 12.1 Å². The van der Waals surface area contributed by atoms with E-state index in [0.29, 0.717) is 18.0 Å². The Kier molecular flexibility index (Phi) is 4.64. The average Bonchev–Trinajstić information content (AvgIpc) is 3.20. The molecule has 0 heterocycles. The second-order valence-corrected chi connectivity index (χ2v) is 6.63. The van der Waals surface area contributed by atoms with Crippen LogP contribution < -0.4 is 14.8 Å². The highest BCUT2D eigenvalue weighted by atomic mass is 16.5. The maximum atomic E-state index is 12.6. The first kappa shape index (κ1) is 16.6. The molecule has 0 saturated heterocycles. The molecule has 2 N–H and O–H groups in total. The lowest BCUT2D eigenvalue weighted by Crippen LogP contribution is -2.41. The lowest BCUT2D eigenvalue weighted by molar-refractivity contribution is -0.149. The molecular formula is C18H23NO5. The van der Waals surface area contributed by atoms with Gasteiger partial charge in [-0.2, -0.15) is 0 Å². The van der Waals surface area contributed by atoms with E-state index in [1.165, 1.54) is 0 Å². The van der Waals surface area contributed by atoms with Crippen LogP contribution in [0.2, 0.25) is 0 Å². The molecule has 1 amide bonds. The van der Waals surface area contributed by atoms with Crippen molar-refractivity contribution >= 4 is 11.9 Å². The predicted molar refractivity (Wildman–Crippen MR) is 86.8 cm³/mol. The molecule has 0 aromatic heterocycles. The number of fused-ring (bicyclic) bond motifs is 2. The number of amides is 1. The van der Waals surface area contributed by atoms with E-state index in [0.717, 1.165) is 24.8 Å². The number of aliphatic carboxylic acids is 1. The van der Waals surface area contributed by atoms with Gasteiger partial charge in [0.2, 0.25) is 5.91 Å². The molecule has 4 atom stereocenters. The summed E-state index contributed by atoms with van der Waals surface area (Å²) in [5.41, 5.74) is 0.885. The highest BCUT2D eigenvalue weighted by molar-refractivity contribution is 5.86. The summed E-state index contributed by atoms with van der Waals surface area (Å²) in [6.45, 7) is 0.347. The van der Waals surface area contributed by atoms with Crippen LogP contribution in [-0.4, -0.2) is 31.2 Å². The van der Waals surface area contributed by atoms with Gasteiger partial charge < -0.3 is 19.9 Å². The Morgan fingerprint density at radius 3 is 2.42 bits per heavy atom. The maximum Gasteiger partial charge on any atom is 0.307 e. The van der Waals surface area contributed by atoms with Crippen LogP contribution in [0.5, 0.6) is 11.5 Å². The largest absolute Gasteiger partial charge is 0.493 e. The summed E-state index contributed by atoms with van der Waals surface area (Å²) in [4.78, 5) is 24.1. The average molecular weight is 333 g/mol. The number of rotatable bonds is 6. The zero-order chi connectivity index (χ0) is 17.3. The van der Waals surface area contributed by atoms with Gasteiger partial charge >= 0.3 is 5.97 Å². The van der Waals surface area contributed by atoms with Gasteiger partial charge in [0.05, 0.1) is 26.1 Å². The molecule has 1 aromatic carbocycles. The fourth-order valence-corrected chi connectivity index (χ4v) is 4.32. The number of carboxylic acids is 1. The molecule has 2 aliphatic carbocycles. The van der Waals surface area contributed by atoms with Gasteiger partial charge in [0, 0.05) is 6.54 Å². The molecule has 130 valence electrons. The topological polar surface area (TPSA) is 84.9 Å². The highest BCUT2D eigenvalue weighted by Crippen LogP contribution is 2.52. The van der Waals surface area contributed by atoms with Gasteiger partial charge in [-0.1, -0.05) is 6.07 Å². The van der Waals surface area contributed by atoms with Crippen molar-refractivity contribution in [3.05, 3.63) is 23.8 Å². The van der Waals surface area contributed by atoms with Crippen LogP contribution in [0.25, 0.3) is 0 Å². The number of carbonyl (C=O) groups is 2. The maximum absolute atomic E-state index is 12.6. The van der Waals surface area contributed by atoms with E-state index in [9.17, 15) is 14.7 Å². The minimum Gasteiger partial charge on any atom is -0.493 e. The van der Waals surface area contributed by atoms with Crippen molar-refractivity contribution in [2.24, 2.45) is 23.7 Å². The summed E-state index contributed by atoms with van der Waals surface area (Å²) in [6, 6.07) is 5.46. The first-order valence-corrected chi connectivity index (χ1v) is 8.26. The van der Waals surface area contributed by atoms with Crippen LogP contribution in [0.3, 0.4) is 0 Å². The van der Waals surface area contributed by atoms with Gasteiger partial charge in [0.15, 0.2) is 11.5 Å². The van der Waals surface area contributed by atoms with Crippen molar-refractivity contribution in [2.45, 2.75) is 25.8 Å². The number of hydrogen-bond acceptors (Lipinski definition) is 4. The van der Waals surface area contributed by atoms with Crippen molar-refractivity contribution in [3.8, 4) is 11.5 Å². The number of methoxy groups -OCH3 is 2. The highest BCUT2D eigenvalue weighted by Gasteiger charge is 2.53. The van der Waals surface area contributed by atoms with E-state index in [-0.39, 0.29) is 17.7 Å². The summed E-state index contributed by atoms with van der Waals surface area (Å²) in [5.74, 6) is -0.321. The Labute approximate surface area is 141 Å². The molecule has 24 heavy (non-hydrogen) atoms. The quantitative estimate of drug-likeness (QED) is 0.832. The normalized spacial score (nSPS) is 27.8. The fourth-order valence-electron chi connectivity index (χ4n) is 4.32. The second kappa shape index (κ2) is 6.71. The number of carboxylic acid groups (broad SMARTS) is 1. The molecule has 2 fully saturated rings. The molecule has 2 aliphatic rings. The Balaban J connectivity index is 1.66.